The summed E-state index contributed by atoms with van der Waals surface area (Å²) in [6.45, 7) is 0.838. The Balaban J connectivity index is 2.20. The first-order valence-electron chi connectivity index (χ1n) is 5.67. The van der Waals surface area contributed by atoms with Gasteiger partial charge in [-0.3, -0.25) is 0 Å². The molecule has 0 fully saturated rings. The standard InChI is InChI=1S/C12H15BrN4S2/c1-14-10-5-11(16-12(15-10)18-3)17(2)6-9-4-8(13)7-19-9/h4-5,7H,6H2,1-3H3,(H,14,15,16). The zero-order valence-electron chi connectivity index (χ0n) is 11.0. The van der Waals surface area contributed by atoms with Gasteiger partial charge in [0.1, 0.15) is 11.6 Å². The Kier molecular flexibility index (Phi) is 5.06. The Morgan fingerprint density at radius 3 is 2.79 bits per heavy atom. The van der Waals surface area contributed by atoms with Crippen LogP contribution >= 0.6 is 39.0 Å². The molecule has 0 aliphatic rings. The molecule has 7 heteroatoms. The molecule has 2 heterocycles. The molecule has 2 aromatic heterocycles. The number of hydrogen-bond acceptors (Lipinski definition) is 6. The van der Waals surface area contributed by atoms with E-state index in [2.05, 4.69) is 47.6 Å². The molecule has 0 aliphatic heterocycles. The lowest BCUT2D eigenvalue weighted by molar-refractivity contribution is 0.867. The minimum atomic E-state index is 0.779. The van der Waals surface area contributed by atoms with Crippen molar-refractivity contribution in [2.45, 2.75) is 11.7 Å². The van der Waals surface area contributed by atoms with E-state index in [1.807, 2.05) is 26.4 Å². The van der Waals surface area contributed by atoms with Gasteiger partial charge in [0.15, 0.2) is 5.16 Å². The van der Waals surface area contributed by atoms with Gasteiger partial charge < -0.3 is 10.2 Å². The van der Waals surface area contributed by atoms with Crippen LogP contribution in [0.2, 0.25) is 0 Å². The van der Waals surface area contributed by atoms with Crippen LogP contribution in [0.3, 0.4) is 0 Å². The zero-order valence-corrected chi connectivity index (χ0v) is 14.2. The van der Waals surface area contributed by atoms with E-state index in [9.17, 15) is 0 Å². The van der Waals surface area contributed by atoms with E-state index in [1.165, 1.54) is 4.88 Å². The highest BCUT2D eigenvalue weighted by molar-refractivity contribution is 9.10. The van der Waals surface area contributed by atoms with E-state index >= 15 is 0 Å². The maximum absolute atomic E-state index is 4.53. The number of thiophene rings is 1. The summed E-state index contributed by atoms with van der Waals surface area (Å²) in [5.41, 5.74) is 0. The van der Waals surface area contributed by atoms with Gasteiger partial charge in [0.05, 0.1) is 6.54 Å². The smallest absolute Gasteiger partial charge is 0.191 e. The van der Waals surface area contributed by atoms with Crippen molar-refractivity contribution in [3.05, 3.63) is 26.9 Å². The Hall–Kier alpha value is -0.790. The van der Waals surface area contributed by atoms with E-state index in [0.717, 1.165) is 27.8 Å². The number of halogens is 1. The van der Waals surface area contributed by atoms with E-state index in [1.54, 1.807) is 23.1 Å². The second-order valence-electron chi connectivity index (χ2n) is 3.94. The van der Waals surface area contributed by atoms with Crippen molar-refractivity contribution in [2.75, 3.05) is 30.6 Å². The zero-order chi connectivity index (χ0) is 13.8. The van der Waals surface area contributed by atoms with Crippen LogP contribution in [-0.2, 0) is 6.54 Å². The van der Waals surface area contributed by atoms with Crippen LogP contribution in [-0.4, -0.2) is 30.3 Å². The average molecular weight is 359 g/mol. The van der Waals surface area contributed by atoms with Crippen molar-refractivity contribution in [2.24, 2.45) is 0 Å². The second-order valence-corrected chi connectivity index (χ2v) is 6.62. The SMILES string of the molecule is CNc1cc(N(C)Cc2cc(Br)cs2)nc(SC)n1. The molecule has 0 unspecified atom stereocenters. The number of hydrogen-bond donors (Lipinski definition) is 1. The van der Waals surface area contributed by atoms with Crippen LogP contribution in [0.5, 0.6) is 0 Å². The van der Waals surface area contributed by atoms with Gasteiger partial charge in [-0.25, -0.2) is 9.97 Å². The van der Waals surface area contributed by atoms with Crippen molar-refractivity contribution in [1.29, 1.82) is 0 Å². The van der Waals surface area contributed by atoms with E-state index < -0.39 is 0 Å². The van der Waals surface area contributed by atoms with Crippen molar-refractivity contribution in [3.8, 4) is 0 Å². The third kappa shape index (κ3) is 3.84. The van der Waals surface area contributed by atoms with Crippen LogP contribution in [0.15, 0.2) is 27.1 Å². The number of anilines is 2. The molecule has 102 valence electrons. The Morgan fingerprint density at radius 1 is 1.42 bits per heavy atom. The van der Waals surface area contributed by atoms with Gasteiger partial charge in [-0.1, -0.05) is 11.8 Å². The summed E-state index contributed by atoms with van der Waals surface area (Å²) >= 11 is 6.76. The Morgan fingerprint density at radius 2 is 2.21 bits per heavy atom. The summed E-state index contributed by atoms with van der Waals surface area (Å²) in [4.78, 5) is 12.3. The molecule has 4 nitrogen and oxygen atoms in total. The molecule has 0 bridgehead atoms. The number of nitrogens with one attached hydrogen (secondary N) is 1. The van der Waals surface area contributed by atoms with E-state index in [4.69, 9.17) is 0 Å². The highest BCUT2D eigenvalue weighted by Gasteiger charge is 2.09. The number of nitrogens with zero attached hydrogens (tertiary/aromatic N) is 3. The van der Waals surface area contributed by atoms with Gasteiger partial charge in [0, 0.05) is 34.9 Å². The van der Waals surface area contributed by atoms with Gasteiger partial charge in [0.2, 0.25) is 0 Å². The van der Waals surface area contributed by atoms with E-state index in [-0.39, 0.29) is 0 Å². The highest BCUT2D eigenvalue weighted by Crippen LogP contribution is 2.24. The van der Waals surface area contributed by atoms with Crippen LogP contribution in [0, 0.1) is 0 Å². The quantitative estimate of drug-likeness (QED) is 0.651. The minimum absolute atomic E-state index is 0.779. The summed E-state index contributed by atoms with van der Waals surface area (Å²) in [7, 11) is 3.91. The molecule has 19 heavy (non-hydrogen) atoms. The lowest BCUT2D eigenvalue weighted by Crippen LogP contribution is -2.17. The van der Waals surface area contributed by atoms with Crippen molar-refractivity contribution in [3.63, 3.8) is 0 Å². The van der Waals surface area contributed by atoms with Crippen LogP contribution < -0.4 is 10.2 Å². The molecule has 0 saturated heterocycles. The molecule has 2 rings (SSSR count). The first-order valence-corrected chi connectivity index (χ1v) is 8.57. The molecular weight excluding hydrogens is 344 g/mol. The predicted molar refractivity (Wildman–Crippen MR) is 87.5 cm³/mol. The first-order chi connectivity index (χ1) is 9.12. The lowest BCUT2D eigenvalue weighted by Gasteiger charge is -2.18. The third-order valence-corrected chi connectivity index (χ3v) is 4.77. The Labute approximate surface area is 129 Å². The summed E-state index contributed by atoms with van der Waals surface area (Å²) in [6.07, 6.45) is 1.98. The summed E-state index contributed by atoms with van der Waals surface area (Å²) in [6, 6.07) is 4.10. The fourth-order valence-corrected chi connectivity index (χ4v) is 3.46. The molecule has 0 spiro atoms. The monoisotopic (exact) mass is 358 g/mol. The molecule has 2 aromatic rings. The molecule has 0 radical (unpaired) electrons. The second kappa shape index (κ2) is 6.58. The molecule has 0 amide bonds. The molecule has 0 saturated carbocycles. The van der Waals surface area contributed by atoms with Gasteiger partial charge in [-0.2, -0.15) is 0 Å². The largest absolute Gasteiger partial charge is 0.373 e. The molecule has 0 aromatic carbocycles. The molecule has 0 aliphatic carbocycles. The van der Waals surface area contributed by atoms with Gasteiger partial charge in [-0.15, -0.1) is 11.3 Å². The van der Waals surface area contributed by atoms with Crippen molar-refractivity contribution < 1.29 is 0 Å². The molecular formula is C12H15BrN4S2. The fourth-order valence-electron chi connectivity index (χ4n) is 1.58. The highest BCUT2D eigenvalue weighted by atomic mass is 79.9. The predicted octanol–water partition coefficient (Wildman–Crippen LogP) is 3.70. The van der Waals surface area contributed by atoms with Crippen molar-refractivity contribution in [1.82, 2.24) is 9.97 Å². The topological polar surface area (TPSA) is 41.0 Å². The van der Waals surface area contributed by atoms with Gasteiger partial charge in [-0.05, 0) is 28.3 Å². The van der Waals surface area contributed by atoms with Gasteiger partial charge in [0.25, 0.3) is 0 Å². The summed E-state index contributed by atoms with van der Waals surface area (Å²) in [5, 5.41) is 5.94. The normalized spacial score (nSPS) is 10.5. The molecule has 1 N–H and O–H groups in total. The number of thioether (sulfide) groups is 1. The maximum atomic E-state index is 4.53. The van der Waals surface area contributed by atoms with E-state index in [0.29, 0.717) is 0 Å². The van der Waals surface area contributed by atoms with Gasteiger partial charge >= 0.3 is 0 Å². The third-order valence-electron chi connectivity index (χ3n) is 2.54. The lowest BCUT2D eigenvalue weighted by atomic mass is 10.4. The summed E-state index contributed by atoms with van der Waals surface area (Å²) < 4.78 is 1.13. The number of rotatable bonds is 5. The average Bonchev–Trinajstić information content (AvgIpc) is 2.83. The number of aromatic nitrogens is 2. The maximum Gasteiger partial charge on any atom is 0.191 e. The minimum Gasteiger partial charge on any atom is -0.373 e. The Bertz CT molecular complexity index is 536. The first kappa shape index (κ1) is 14.6. The molecule has 0 atom stereocenters. The van der Waals surface area contributed by atoms with Crippen LogP contribution in [0.4, 0.5) is 11.6 Å². The summed E-state index contributed by atoms with van der Waals surface area (Å²) in [5.74, 6) is 1.77. The van der Waals surface area contributed by atoms with Crippen LogP contribution in [0.1, 0.15) is 4.88 Å². The fraction of sp³-hybridized carbons (Fsp3) is 0.333. The van der Waals surface area contributed by atoms with Crippen molar-refractivity contribution >= 4 is 50.7 Å². The van der Waals surface area contributed by atoms with Crippen LogP contribution in [0.25, 0.3) is 0 Å².